The number of carbonyl (C=O) groups excluding carboxylic acids is 1. The highest BCUT2D eigenvalue weighted by atomic mass is 35.5. The number of benzene rings is 3. The first-order valence-corrected chi connectivity index (χ1v) is 9.58. The van der Waals surface area contributed by atoms with Crippen molar-refractivity contribution in [2.75, 3.05) is 5.32 Å². The fourth-order valence-corrected chi connectivity index (χ4v) is 2.88. The lowest BCUT2D eigenvalue weighted by Crippen LogP contribution is -2.14. The van der Waals surface area contributed by atoms with E-state index in [-0.39, 0.29) is 23.6 Å². The number of non-ortho nitro benzene ring substituents is 1. The van der Waals surface area contributed by atoms with Crippen molar-refractivity contribution >= 4 is 35.0 Å². The summed E-state index contributed by atoms with van der Waals surface area (Å²) in [4.78, 5) is 22.7. The second kappa shape index (κ2) is 10.2. The largest absolute Gasteiger partial charge is 0.488 e. The van der Waals surface area contributed by atoms with Crippen molar-refractivity contribution in [3.05, 3.63) is 104 Å². The van der Waals surface area contributed by atoms with E-state index in [0.717, 1.165) is 0 Å². The molecular weight excluding hydrogens is 437 g/mol. The van der Waals surface area contributed by atoms with Crippen molar-refractivity contribution in [3.8, 4) is 11.8 Å². The summed E-state index contributed by atoms with van der Waals surface area (Å²) < 4.78 is 19.6. The Hall–Kier alpha value is -4.22. The summed E-state index contributed by atoms with van der Waals surface area (Å²) >= 11 is 6.06. The summed E-state index contributed by atoms with van der Waals surface area (Å²) in [5, 5.41) is 22.9. The number of anilines is 1. The molecule has 0 aliphatic heterocycles. The predicted octanol–water partition coefficient (Wildman–Crippen LogP) is 5.51. The zero-order chi connectivity index (χ0) is 23.1. The summed E-state index contributed by atoms with van der Waals surface area (Å²) in [6, 6.07) is 17.9. The Morgan fingerprint density at radius 3 is 2.56 bits per heavy atom. The molecule has 0 aromatic heterocycles. The quantitative estimate of drug-likeness (QED) is 0.220. The number of nitrogens with zero attached hydrogens (tertiary/aromatic N) is 2. The predicted molar refractivity (Wildman–Crippen MR) is 118 cm³/mol. The molecule has 1 N–H and O–H groups in total. The van der Waals surface area contributed by atoms with Crippen molar-refractivity contribution in [1.29, 1.82) is 5.26 Å². The minimum Gasteiger partial charge on any atom is -0.488 e. The van der Waals surface area contributed by atoms with E-state index in [2.05, 4.69) is 5.32 Å². The number of carbonyl (C=O) groups is 1. The Balaban J connectivity index is 1.81. The third-order valence-corrected chi connectivity index (χ3v) is 4.54. The molecule has 0 fully saturated rings. The molecule has 0 atom stereocenters. The van der Waals surface area contributed by atoms with E-state index in [1.807, 2.05) is 0 Å². The molecule has 0 saturated heterocycles. The molecule has 0 unspecified atom stereocenters. The number of nitro groups is 1. The number of hydrogen-bond acceptors (Lipinski definition) is 5. The third-order valence-electron chi connectivity index (χ3n) is 4.30. The molecule has 7 nitrogen and oxygen atoms in total. The number of nitrogens with one attached hydrogen (secondary N) is 1. The number of rotatable bonds is 7. The molecule has 9 heteroatoms. The molecule has 3 aromatic carbocycles. The number of hydrogen-bond donors (Lipinski definition) is 1. The van der Waals surface area contributed by atoms with Gasteiger partial charge < -0.3 is 10.1 Å². The highest BCUT2D eigenvalue weighted by molar-refractivity contribution is 6.30. The lowest BCUT2D eigenvalue weighted by molar-refractivity contribution is -0.384. The summed E-state index contributed by atoms with van der Waals surface area (Å²) in [6.45, 7) is 0.0871. The molecule has 32 heavy (non-hydrogen) atoms. The SMILES string of the molecule is N#C/C(=C\c1cc(Cl)ccc1OCc1ccc([N+](=O)[O-])cc1)C(=O)Nc1ccccc1F. The number of para-hydroxylation sites is 1. The first kappa shape index (κ1) is 22.5. The molecule has 0 saturated carbocycles. The van der Waals surface area contributed by atoms with Crippen molar-refractivity contribution < 1.29 is 18.8 Å². The topological polar surface area (TPSA) is 105 Å². The van der Waals surface area contributed by atoms with Crippen molar-refractivity contribution in [2.24, 2.45) is 0 Å². The number of amides is 1. The van der Waals surface area contributed by atoms with Gasteiger partial charge in [0.05, 0.1) is 10.6 Å². The van der Waals surface area contributed by atoms with Gasteiger partial charge in [0.2, 0.25) is 0 Å². The average Bonchev–Trinajstić information content (AvgIpc) is 2.78. The van der Waals surface area contributed by atoms with Crippen LogP contribution in [0.4, 0.5) is 15.8 Å². The van der Waals surface area contributed by atoms with Crippen LogP contribution in [0, 0.1) is 27.3 Å². The average molecular weight is 452 g/mol. The van der Waals surface area contributed by atoms with Gasteiger partial charge in [0.1, 0.15) is 29.8 Å². The highest BCUT2D eigenvalue weighted by Gasteiger charge is 2.14. The minimum atomic E-state index is -0.793. The number of nitriles is 1. The van der Waals surface area contributed by atoms with Crippen LogP contribution in [0.5, 0.6) is 5.75 Å². The molecule has 0 aliphatic carbocycles. The van der Waals surface area contributed by atoms with Crippen LogP contribution in [0.25, 0.3) is 6.08 Å². The van der Waals surface area contributed by atoms with Gasteiger partial charge >= 0.3 is 0 Å². The fraction of sp³-hybridized carbons (Fsp3) is 0.0435. The zero-order valence-corrected chi connectivity index (χ0v) is 17.2. The van der Waals surface area contributed by atoms with Crippen LogP contribution in [0.15, 0.2) is 72.3 Å². The molecule has 3 rings (SSSR count). The van der Waals surface area contributed by atoms with Crippen LogP contribution in [0.1, 0.15) is 11.1 Å². The normalized spacial score (nSPS) is 10.8. The van der Waals surface area contributed by atoms with Gasteiger partial charge in [0.25, 0.3) is 11.6 Å². The van der Waals surface area contributed by atoms with Gasteiger partial charge in [-0.15, -0.1) is 0 Å². The highest BCUT2D eigenvalue weighted by Crippen LogP contribution is 2.27. The van der Waals surface area contributed by atoms with Crippen LogP contribution >= 0.6 is 11.6 Å². The van der Waals surface area contributed by atoms with Crippen molar-refractivity contribution in [1.82, 2.24) is 0 Å². The van der Waals surface area contributed by atoms with E-state index in [1.165, 1.54) is 42.5 Å². The third kappa shape index (κ3) is 5.68. The van der Waals surface area contributed by atoms with Gasteiger partial charge in [0.15, 0.2) is 0 Å². The maximum Gasteiger partial charge on any atom is 0.269 e. The Morgan fingerprint density at radius 1 is 1.19 bits per heavy atom. The monoisotopic (exact) mass is 451 g/mol. The molecule has 3 aromatic rings. The summed E-state index contributed by atoms with van der Waals surface area (Å²) in [5.41, 5.74) is 0.663. The lowest BCUT2D eigenvalue weighted by Gasteiger charge is -2.11. The summed E-state index contributed by atoms with van der Waals surface area (Å²) in [5.74, 6) is -1.09. The van der Waals surface area contributed by atoms with E-state index in [1.54, 1.807) is 36.4 Å². The Labute approximate surface area is 187 Å². The number of nitro benzene ring substituents is 1. The smallest absolute Gasteiger partial charge is 0.269 e. The van der Waals surface area contributed by atoms with E-state index < -0.39 is 16.6 Å². The lowest BCUT2D eigenvalue weighted by atomic mass is 10.1. The Kier molecular flexibility index (Phi) is 7.16. The zero-order valence-electron chi connectivity index (χ0n) is 16.4. The fourth-order valence-electron chi connectivity index (χ4n) is 2.69. The first-order chi connectivity index (χ1) is 15.4. The molecule has 1 amide bonds. The molecule has 0 aliphatic rings. The summed E-state index contributed by atoms with van der Waals surface area (Å²) in [7, 11) is 0. The molecule has 0 radical (unpaired) electrons. The van der Waals surface area contributed by atoms with Crippen LogP contribution in [-0.2, 0) is 11.4 Å². The maximum atomic E-state index is 13.8. The second-order valence-corrected chi connectivity index (χ2v) is 6.93. The van der Waals surface area contributed by atoms with E-state index in [9.17, 15) is 24.6 Å². The molecule has 0 bridgehead atoms. The summed E-state index contributed by atoms with van der Waals surface area (Å²) in [6.07, 6.45) is 1.28. The number of halogens is 2. The van der Waals surface area contributed by atoms with Gasteiger partial charge in [-0.05, 0) is 54.1 Å². The van der Waals surface area contributed by atoms with Crippen LogP contribution in [0.2, 0.25) is 5.02 Å². The number of ether oxygens (including phenoxy) is 1. The molecular formula is C23H15ClFN3O4. The Bertz CT molecular complexity index is 1240. The van der Waals surface area contributed by atoms with Crippen LogP contribution < -0.4 is 10.1 Å². The van der Waals surface area contributed by atoms with Crippen molar-refractivity contribution in [2.45, 2.75) is 6.61 Å². The molecule has 0 heterocycles. The van der Waals surface area contributed by atoms with E-state index in [0.29, 0.717) is 21.9 Å². The van der Waals surface area contributed by atoms with Crippen molar-refractivity contribution in [3.63, 3.8) is 0 Å². The van der Waals surface area contributed by atoms with Gasteiger partial charge in [-0.1, -0.05) is 23.7 Å². The molecule has 0 spiro atoms. The first-order valence-electron chi connectivity index (χ1n) is 9.20. The van der Waals surface area contributed by atoms with Crippen LogP contribution in [0.3, 0.4) is 0 Å². The van der Waals surface area contributed by atoms with E-state index in [4.69, 9.17) is 16.3 Å². The van der Waals surface area contributed by atoms with Gasteiger partial charge in [-0.2, -0.15) is 5.26 Å². The van der Waals surface area contributed by atoms with Gasteiger partial charge in [-0.25, -0.2) is 4.39 Å². The Morgan fingerprint density at radius 2 is 1.91 bits per heavy atom. The minimum absolute atomic E-state index is 0.0385. The van der Waals surface area contributed by atoms with E-state index >= 15 is 0 Å². The maximum absolute atomic E-state index is 13.8. The molecule has 160 valence electrons. The van der Waals surface area contributed by atoms with Crippen LogP contribution in [-0.4, -0.2) is 10.8 Å². The standard InChI is InChI=1S/C23H15ClFN3O4/c24-18-7-10-22(32-14-15-5-8-19(9-6-15)28(30)31)16(12-18)11-17(13-26)23(29)27-21-4-2-1-3-20(21)25/h1-12H,14H2,(H,27,29)/b17-11+. The second-order valence-electron chi connectivity index (χ2n) is 6.50. The van der Waals surface area contributed by atoms with Gasteiger partial charge in [-0.3, -0.25) is 14.9 Å². The van der Waals surface area contributed by atoms with Gasteiger partial charge in [0, 0.05) is 22.7 Å².